The van der Waals surface area contributed by atoms with Gasteiger partial charge in [-0.15, -0.1) is 0 Å². The zero-order valence-corrected chi connectivity index (χ0v) is 8.78. The highest BCUT2D eigenvalue weighted by Crippen LogP contribution is 2.52. The Kier molecular flexibility index (Phi) is 2.19. The Bertz CT molecular complexity index is 388. The van der Waals surface area contributed by atoms with Crippen LogP contribution in [0.3, 0.4) is 0 Å². The van der Waals surface area contributed by atoms with E-state index in [1.54, 1.807) is 0 Å². The van der Waals surface area contributed by atoms with Gasteiger partial charge in [0.1, 0.15) is 5.75 Å². The smallest absolute Gasteiger partial charge is 0.257 e. The molecule has 1 aromatic heterocycles. The van der Waals surface area contributed by atoms with Crippen molar-refractivity contribution in [1.82, 2.24) is 4.98 Å². The SMILES string of the molecule is COc1ncc(O)c(C2(N)CC2)c1OC. The standard InChI is InChI=1S/C10H14N2O3/c1-14-8-7(10(11)3-4-10)6(13)5-12-9(8)15-2/h5,13H,3-4,11H2,1-2H3. The topological polar surface area (TPSA) is 77.6 Å². The van der Waals surface area contributed by atoms with Crippen LogP contribution in [0, 0.1) is 0 Å². The Morgan fingerprint density at radius 1 is 1.40 bits per heavy atom. The van der Waals surface area contributed by atoms with Crippen molar-refractivity contribution in [1.29, 1.82) is 0 Å². The van der Waals surface area contributed by atoms with Crippen LogP contribution in [0.4, 0.5) is 0 Å². The summed E-state index contributed by atoms with van der Waals surface area (Å²) in [6, 6.07) is 0. The van der Waals surface area contributed by atoms with Gasteiger partial charge in [-0.05, 0) is 12.8 Å². The second-order valence-corrected chi connectivity index (χ2v) is 3.72. The maximum absolute atomic E-state index is 9.74. The monoisotopic (exact) mass is 210 g/mol. The van der Waals surface area contributed by atoms with Gasteiger partial charge in [0.05, 0.1) is 26.0 Å². The molecule has 3 N–H and O–H groups in total. The maximum Gasteiger partial charge on any atom is 0.257 e. The minimum atomic E-state index is -0.481. The molecule has 1 aromatic rings. The van der Waals surface area contributed by atoms with E-state index in [0.717, 1.165) is 12.8 Å². The van der Waals surface area contributed by atoms with E-state index in [-0.39, 0.29) is 5.75 Å². The van der Waals surface area contributed by atoms with Crippen molar-refractivity contribution in [3.05, 3.63) is 11.8 Å². The van der Waals surface area contributed by atoms with Crippen molar-refractivity contribution >= 4 is 0 Å². The van der Waals surface area contributed by atoms with Crippen LogP contribution in [0.2, 0.25) is 0 Å². The fourth-order valence-corrected chi connectivity index (χ4v) is 1.67. The van der Waals surface area contributed by atoms with Crippen molar-refractivity contribution < 1.29 is 14.6 Å². The number of aromatic hydroxyl groups is 1. The number of hydrogen-bond donors (Lipinski definition) is 2. The average Bonchev–Trinajstić information content (AvgIpc) is 2.96. The van der Waals surface area contributed by atoms with E-state index in [1.807, 2.05) is 0 Å². The first-order chi connectivity index (χ1) is 7.12. The van der Waals surface area contributed by atoms with Crippen molar-refractivity contribution in [3.8, 4) is 17.4 Å². The lowest BCUT2D eigenvalue weighted by atomic mass is 10.1. The Morgan fingerprint density at radius 3 is 2.53 bits per heavy atom. The first-order valence-electron chi connectivity index (χ1n) is 4.71. The molecule has 0 aromatic carbocycles. The first kappa shape index (κ1) is 10.0. The van der Waals surface area contributed by atoms with Gasteiger partial charge in [0.2, 0.25) is 0 Å². The molecular formula is C10H14N2O3. The molecule has 0 atom stereocenters. The second kappa shape index (κ2) is 3.27. The summed E-state index contributed by atoms with van der Waals surface area (Å²) in [7, 11) is 3.01. The Balaban J connectivity index is 2.59. The number of nitrogens with zero attached hydrogens (tertiary/aromatic N) is 1. The molecule has 0 bridgehead atoms. The molecule has 0 radical (unpaired) electrons. The van der Waals surface area contributed by atoms with Gasteiger partial charge >= 0.3 is 0 Å². The fourth-order valence-electron chi connectivity index (χ4n) is 1.67. The number of ether oxygens (including phenoxy) is 2. The average molecular weight is 210 g/mol. The predicted molar refractivity (Wildman–Crippen MR) is 54.1 cm³/mol. The zero-order valence-electron chi connectivity index (χ0n) is 8.78. The number of nitrogens with two attached hydrogens (primary N) is 1. The number of methoxy groups -OCH3 is 2. The summed E-state index contributed by atoms with van der Waals surface area (Å²) in [5.41, 5.74) is 6.16. The highest BCUT2D eigenvalue weighted by Gasteiger charge is 2.45. The van der Waals surface area contributed by atoms with Gasteiger partial charge in [-0.2, -0.15) is 0 Å². The lowest BCUT2D eigenvalue weighted by molar-refractivity contribution is 0.330. The lowest BCUT2D eigenvalue weighted by Gasteiger charge is -2.17. The Hall–Kier alpha value is -1.49. The molecular weight excluding hydrogens is 196 g/mol. The second-order valence-electron chi connectivity index (χ2n) is 3.72. The van der Waals surface area contributed by atoms with Gasteiger partial charge in [0.15, 0.2) is 5.75 Å². The van der Waals surface area contributed by atoms with Crippen molar-refractivity contribution in [3.63, 3.8) is 0 Å². The van der Waals surface area contributed by atoms with E-state index in [1.165, 1.54) is 20.4 Å². The highest BCUT2D eigenvalue weighted by molar-refractivity contribution is 5.54. The lowest BCUT2D eigenvalue weighted by Crippen LogP contribution is -2.20. The third-order valence-corrected chi connectivity index (χ3v) is 2.67. The zero-order chi connectivity index (χ0) is 11.1. The molecule has 15 heavy (non-hydrogen) atoms. The summed E-state index contributed by atoms with van der Waals surface area (Å²) in [6.45, 7) is 0. The van der Waals surface area contributed by atoms with E-state index in [2.05, 4.69) is 4.98 Å². The van der Waals surface area contributed by atoms with Crippen molar-refractivity contribution in [2.24, 2.45) is 5.73 Å². The van der Waals surface area contributed by atoms with Gasteiger partial charge in [-0.25, -0.2) is 4.98 Å². The summed E-state index contributed by atoms with van der Waals surface area (Å²) in [6.07, 6.45) is 3.01. The van der Waals surface area contributed by atoms with E-state index >= 15 is 0 Å². The fraction of sp³-hybridized carbons (Fsp3) is 0.500. The largest absolute Gasteiger partial charge is 0.506 e. The van der Waals surface area contributed by atoms with Gasteiger partial charge in [0, 0.05) is 5.54 Å². The normalized spacial score (nSPS) is 17.3. The molecule has 5 nitrogen and oxygen atoms in total. The van der Waals surface area contributed by atoms with E-state index in [0.29, 0.717) is 17.2 Å². The van der Waals surface area contributed by atoms with Gasteiger partial charge in [-0.1, -0.05) is 0 Å². The van der Waals surface area contributed by atoms with Gasteiger partial charge < -0.3 is 20.3 Å². The van der Waals surface area contributed by atoms with Crippen LogP contribution in [-0.4, -0.2) is 24.3 Å². The molecule has 2 rings (SSSR count). The minimum absolute atomic E-state index is 0.0626. The third kappa shape index (κ3) is 1.48. The molecule has 0 amide bonds. The summed E-state index contributed by atoms with van der Waals surface area (Å²) < 4.78 is 10.2. The third-order valence-electron chi connectivity index (χ3n) is 2.67. The molecule has 1 aliphatic rings. The molecule has 1 heterocycles. The van der Waals surface area contributed by atoms with Gasteiger partial charge in [-0.3, -0.25) is 0 Å². The maximum atomic E-state index is 9.74. The number of hydrogen-bond acceptors (Lipinski definition) is 5. The molecule has 0 unspecified atom stereocenters. The van der Waals surface area contributed by atoms with Crippen molar-refractivity contribution in [2.45, 2.75) is 18.4 Å². The summed E-state index contributed by atoms with van der Waals surface area (Å²) in [5.74, 6) is 0.840. The van der Waals surface area contributed by atoms with E-state index in [9.17, 15) is 5.11 Å². The van der Waals surface area contributed by atoms with Crippen molar-refractivity contribution in [2.75, 3.05) is 14.2 Å². The van der Waals surface area contributed by atoms with Crippen LogP contribution in [0.1, 0.15) is 18.4 Å². The molecule has 5 heteroatoms. The summed E-state index contributed by atoms with van der Waals surface area (Å²) >= 11 is 0. The summed E-state index contributed by atoms with van der Waals surface area (Å²) in [4.78, 5) is 3.92. The molecule has 1 saturated carbocycles. The van der Waals surface area contributed by atoms with Crippen LogP contribution in [0.15, 0.2) is 6.20 Å². The molecule has 0 aliphatic heterocycles. The predicted octanol–water partition coefficient (Wildman–Crippen LogP) is 0.752. The Labute approximate surface area is 87.8 Å². The minimum Gasteiger partial charge on any atom is -0.506 e. The molecule has 82 valence electrons. The van der Waals surface area contributed by atoms with Crippen LogP contribution in [0.5, 0.6) is 17.4 Å². The summed E-state index contributed by atoms with van der Waals surface area (Å²) in [5, 5.41) is 9.74. The first-order valence-corrected chi connectivity index (χ1v) is 4.71. The van der Waals surface area contributed by atoms with E-state index in [4.69, 9.17) is 15.2 Å². The number of rotatable bonds is 3. The van der Waals surface area contributed by atoms with Gasteiger partial charge in [0.25, 0.3) is 5.88 Å². The van der Waals surface area contributed by atoms with Crippen LogP contribution in [0.25, 0.3) is 0 Å². The Morgan fingerprint density at radius 2 is 2.07 bits per heavy atom. The van der Waals surface area contributed by atoms with E-state index < -0.39 is 5.54 Å². The van der Waals surface area contributed by atoms with Crippen LogP contribution >= 0.6 is 0 Å². The number of aromatic nitrogens is 1. The van der Waals surface area contributed by atoms with Crippen LogP contribution < -0.4 is 15.2 Å². The molecule has 0 spiro atoms. The molecule has 0 saturated heterocycles. The highest BCUT2D eigenvalue weighted by atomic mass is 16.5. The number of pyridine rings is 1. The molecule has 1 fully saturated rings. The molecule has 1 aliphatic carbocycles. The quantitative estimate of drug-likeness (QED) is 0.769. The van der Waals surface area contributed by atoms with Crippen LogP contribution in [-0.2, 0) is 5.54 Å².